The van der Waals surface area contributed by atoms with E-state index in [-0.39, 0.29) is 28.0 Å². The molecule has 0 bridgehead atoms. The van der Waals surface area contributed by atoms with Crippen molar-refractivity contribution < 1.29 is 13.9 Å². The molecule has 5 heteroatoms. The Hall–Kier alpha value is -2.50. The topological polar surface area (TPSA) is 55.7 Å². The van der Waals surface area contributed by atoms with Crippen molar-refractivity contribution in [1.29, 1.82) is 0 Å². The van der Waals surface area contributed by atoms with Crippen LogP contribution >= 0.6 is 0 Å². The first-order valence-corrected chi connectivity index (χ1v) is 16.4. The van der Waals surface area contributed by atoms with Gasteiger partial charge in [-0.1, -0.05) is 46.8 Å². The summed E-state index contributed by atoms with van der Waals surface area (Å²) < 4.78 is 18.8. The minimum Gasteiger partial charge on any atom is -0.490 e. The lowest BCUT2D eigenvalue weighted by Gasteiger charge is -2.44. The van der Waals surface area contributed by atoms with Crippen LogP contribution in [-0.2, 0) is 11.8 Å². The van der Waals surface area contributed by atoms with Gasteiger partial charge < -0.3 is 24.5 Å². The van der Waals surface area contributed by atoms with E-state index < -0.39 is 0 Å². The van der Waals surface area contributed by atoms with Crippen LogP contribution in [0.5, 0.6) is 11.5 Å². The molecule has 5 rings (SSSR count). The van der Waals surface area contributed by atoms with Crippen molar-refractivity contribution in [3.63, 3.8) is 0 Å². The standard InChI is InChI=1S/C38H56N2O3/c1-35(2,3)34-18-26-17-30(14-15-33(26)43-34)42-32-21-28(22-32)40-38(9,10)24-37(7,8)23-25-12-11-13-29(16-25)41-31-19-27(20-31)39-36(4,5)6/h11-18,27-28,31-32,39-40H,19-24H2,1-10H3/t27-,28-,31+,32-. The van der Waals surface area contributed by atoms with Gasteiger partial charge in [-0.2, -0.15) is 0 Å². The van der Waals surface area contributed by atoms with E-state index >= 15 is 0 Å². The SMILES string of the molecule is CC(C)(Cc1cccc(O[C@H]2C[C@@H](NC(C)(C)C)C2)c1)CC(C)(C)N[C@H]1C[C@H](Oc2ccc3oc(C(C)(C)C)cc3c2)C1. The lowest BCUT2D eigenvalue weighted by atomic mass is 9.75. The van der Waals surface area contributed by atoms with Gasteiger partial charge in [0.15, 0.2) is 0 Å². The number of rotatable bonds is 11. The van der Waals surface area contributed by atoms with Gasteiger partial charge in [-0.25, -0.2) is 0 Å². The second kappa shape index (κ2) is 11.8. The van der Waals surface area contributed by atoms with E-state index in [1.165, 1.54) is 5.56 Å². The first kappa shape index (κ1) is 31.9. The number of nitrogens with one attached hydrogen (secondary N) is 2. The number of fused-ring (bicyclic) bond motifs is 1. The highest BCUT2D eigenvalue weighted by molar-refractivity contribution is 5.79. The fourth-order valence-corrected chi connectivity index (χ4v) is 7.16. The molecule has 0 spiro atoms. The van der Waals surface area contributed by atoms with Crippen LogP contribution in [0.1, 0.15) is 113 Å². The fourth-order valence-electron chi connectivity index (χ4n) is 7.16. The molecule has 1 heterocycles. The Morgan fingerprint density at radius 1 is 0.721 bits per heavy atom. The average Bonchev–Trinajstić information content (AvgIpc) is 3.24. The Kier molecular flexibility index (Phi) is 8.74. The van der Waals surface area contributed by atoms with E-state index in [4.69, 9.17) is 13.9 Å². The zero-order valence-corrected chi connectivity index (χ0v) is 28.4. The third-order valence-electron chi connectivity index (χ3n) is 8.76. The molecule has 0 aliphatic heterocycles. The van der Waals surface area contributed by atoms with Gasteiger partial charge in [0.2, 0.25) is 0 Å². The highest BCUT2D eigenvalue weighted by Crippen LogP contribution is 2.37. The lowest BCUT2D eigenvalue weighted by Crippen LogP contribution is -2.55. The maximum Gasteiger partial charge on any atom is 0.134 e. The molecule has 0 amide bonds. The molecule has 5 nitrogen and oxygen atoms in total. The molecule has 3 aromatic rings. The van der Waals surface area contributed by atoms with Gasteiger partial charge in [-0.15, -0.1) is 0 Å². The van der Waals surface area contributed by atoms with Crippen molar-refractivity contribution >= 4 is 11.0 Å². The first-order chi connectivity index (χ1) is 19.9. The van der Waals surface area contributed by atoms with Crippen molar-refractivity contribution in [3.8, 4) is 11.5 Å². The monoisotopic (exact) mass is 588 g/mol. The maximum atomic E-state index is 6.36. The molecule has 0 saturated heterocycles. The van der Waals surface area contributed by atoms with Gasteiger partial charge in [-0.3, -0.25) is 0 Å². The molecule has 2 fully saturated rings. The minimum atomic E-state index is -0.00339. The summed E-state index contributed by atoms with van der Waals surface area (Å²) in [6, 6.07) is 18.2. The van der Waals surface area contributed by atoms with E-state index in [1.54, 1.807) is 0 Å². The number of ether oxygens (including phenoxy) is 2. The third-order valence-corrected chi connectivity index (χ3v) is 8.76. The number of furan rings is 1. The van der Waals surface area contributed by atoms with Crippen molar-refractivity contribution in [2.24, 2.45) is 5.41 Å². The van der Waals surface area contributed by atoms with E-state index in [0.717, 1.165) is 66.8 Å². The van der Waals surface area contributed by atoms with E-state index in [2.05, 4.69) is 116 Å². The van der Waals surface area contributed by atoms with Gasteiger partial charge in [0.1, 0.15) is 35.1 Å². The summed E-state index contributed by atoms with van der Waals surface area (Å²) in [6.45, 7) is 22.7. The number of hydrogen-bond donors (Lipinski definition) is 2. The molecule has 2 aliphatic carbocycles. The zero-order valence-electron chi connectivity index (χ0n) is 28.4. The van der Waals surface area contributed by atoms with Crippen LogP contribution in [0.25, 0.3) is 11.0 Å². The Morgan fingerprint density at radius 3 is 1.93 bits per heavy atom. The number of hydrogen-bond acceptors (Lipinski definition) is 5. The molecule has 0 unspecified atom stereocenters. The average molecular weight is 589 g/mol. The lowest BCUT2D eigenvalue weighted by molar-refractivity contribution is 0.0638. The fraction of sp³-hybridized carbons (Fsp3) is 0.632. The van der Waals surface area contributed by atoms with Crippen LogP contribution in [0, 0.1) is 5.41 Å². The van der Waals surface area contributed by atoms with E-state index in [0.29, 0.717) is 18.2 Å². The van der Waals surface area contributed by atoms with Crippen molar-refractivity contribution in [2.45, 2.75) is 149 Å². The molecule has 2 N–H and O–H groups in total. The van der Waals surface area contributed by atoms with Crippen LogP contribution in [-0.4, -0.2) is 35.4 Å². The summed E-state index contributed by atoms with van der Waals surface area (Å²) in [7, 11) is 0. The van der Waals surface area contributed by atoms with Gasteiger partial charge in [-0.05, 0) is 121 Å². The van der Waals surface area contributed by atoms with Crippen LogP contribution < -0.4 is 20.1 Å². The Bertz CT molecular complexity index is 1380. The highest BCUT2D eigenvalue weighted by Gasteiger charge is 2.37. The predicted molar refractivity (Wildman–Crippen MR) is 178 cm³/mol. The maximum absolute atomic E-state index is 6.36. The Morgan fingerprint density at radius 2 is 1.33 bits per heavy atom. The first-order valence-electron chi connectivity index (χ1n) is 16.4. The normalized spacial score (nSPS) is 23.1. The summed E-state index contributed by atoms with van der Waals surface area (Å²) in [6.07, 6.45) is 6.92. The molecular formula is C38H56N2O3. The largest absolute Gasteiger partial charge is 0.490 e. The molecule has 2 saturated carbocycles. The van der Waals surface area contributed by atoms with Gasteiger partial charge in [0.25, 0.3) is 0 Å². The third kappa shape index (κ3) is 8.79. The number of benzene rings is 2. The van der Waals surface area contributed by atoms with E-state index in [1.807, 2.05) is 12.1 Å². The molecule has 2 aromatic carbocycles. The summed E-state index contributed by atoms with van der Waals surface area (Å²) >= 11 is 0. The van der Waals surface area contributed by atoms with Crippen molar-refractivity contribution in [1.82, 2.24) is 10.6 Å². The Balaban J connectivity index is 1.07. The van der Waals surface area contributed by atoms with Gasteiger partial charge in [0, 0.05) is 34.0 Å². The van der Waals surface area contributed by atoms with Crippen LogP contribution in [0.3, 0.4) is 0 Å². The summed E-state index contributed by atoms with van der Waals surface area (Å²) in [5, 5.41) is 8.74. The van der Waals surface area contributed by atoms with Gasteiger partial charge >= 0.3 is 0 Å². The zero-order chi connectivity index (χ0) is 31.2. The molecule has 1 aromatic heterocycles. The van der Waals surface area contributed by atoms with Crippen molar-refractivity contribution in [3.05, 3.63) is 59.9 Å². The smallest absolute Gasteiger partial charge is 0.134 e. The van der Waals surface area contributed by atoms with Crippen LogP contribution in [0.2, 0.25) is 0 Å². The molecule has 2 aliphatic rings. The van der Waals surface area contributed by atoms with Crippen molar-refractivity contribution in [2.75, 3.05) is 0 Å². The van der Waals surface area contributed by atoms with Gasteiger partial charge in [0.05, 0.1) is 0 Å². The van der Waals surface area contributed by atoms with Crippen LogP contribution in [0.15, 0.2) is 52.9 Å². The minimum absolute atomic E-state index is 0.00339. The quantitative estimate of drug-likeness (QED) is 0.234. The molecule has 0 atom stereocenters. The predicted octanol–water partition coefficient (Wildman–Crippen LogP) is 8.97. The van der Waals surface area contributed by atoms with Crippen LogP contribution in [0.4, 0.5) is 0 Å². The second-order valence-corrected chi connectivity index (χ2v) is 17.0. The summed E-state index contributed by atoms with van der Waals surface area (Å²) in [4.78, 5) is 0. The molecule has 236 valence electrons. The Labute approximate surface area is 260 Å². The highest BCUT2D eigenvalue weighted by atomic mass is 16.5. The van der Waals surface area contributed by atoms with E-state index in [9.17, 15) is 0 Å². The summed E-state index contributed by atoms with van der Waals surface area (Å²) in [5.41, 5.74) is 2.62. The molecule has 43 heavy (non-hydrogen) atoms. The molecular weight excluding hydrogens is 532 g/mol. The second-order valence-electron chi connectivity index (χ2n) is 17.0. The molecule has 0 radical (unpaired) electrons. The summed E-state index contributed by atoms with van der Waals surface area (Å²) in [5.74, 6) is 2.95.